The Bertz CT molecular complexity index is 524. The molecular weight excluding hydrogens is 258 g/mol. The first kappa shape index (κ1) is 15.6. The summed E-state index contributed by atoms with van der Waals surface area (Å²) >= 11 is 0. The second kappa shape index (κ2) is 8.48. The summed E-state index contributed by atoms with van der Waals surface area (Å²) in [5, 5.41) is 3.63. The van der Waals surface area contributed by atoms with E-state index in [1.54, 1.807) is 0 Å². The van der Waals surface area contributed by atoms with Gasteiger partial charge in [0.15, 0.2) is 0 Å². The average molecular weight is 283 g/mol. The molecule has 2 heteroatoms. The van der Waals surface area contributed by atoms with Gasteiger partial charge in [-0.3, -0.25) is 0 Å². The lowest BCUT2D eigenvalue weighted by Gasteiger charge is -2.17. The van der Waals surface area contributed by atoms with E-state index in [1.807, 2.05) is 6.07 Å². The van der Waals surface area contributed by atoms with Crippen LogP contribution in [0.4, 0.5) is 0 Å². The summed E-state index contributed by atoms with van der Waals surface area (Å²) in [6, 6.07) is 19.4. The summed E-state index contributed by atoms with van der Waals surface area (Å²) < 4.78 is 5.69. The van der Waals surface area contributed by atoms with Gasteiger partial charge in [0, 0.05) is 12.6 Å². The highest BCUT2D eigenvalue weighted by atomic mass is 16.5. The van der Waals surface area contributed by atoms with Crippen LogP contribution in [0, 0.1) is 0 Å². The van der Waals surface area contributed by atoms with Crippen molar-refractivity contribution < 1.29 is 4.74 Å². The molecule has 0 heterocycles. The van der Waals surface area contributed by atoms with E-state index in [0.717, 1.165) is 31.7 Å². The maximum atomic E-state index is 5.69. The fraction of sp³-hybridized carbons (Fsp3) is 0.368. The third kappa shape index (κ3) is 4.91. The molecule has 0 radical (unpaired) electrons. The van der Waals surface area contributed by atoms with Crippen LogP contribution >= 0.6 is 0 Å². The van der Waals surface area contributed by atoms with Gasteiger partial charge in [-0.1, -0.05) is 56.3 Å². The molecule has 2 aromatic rings. The largest absolute Gasteiger partial charge is 0.494 e. The van der Waals surface area contributed by atoms with E-state index < -0.39 is 0 Å². The van der Waals surface area contributed by atoms with Crippen LogP contribution in [0.5, 0.6) is 5.75 Å². The Hall–Kier alpha value is -1.80. The molecule has 0 aliphatic heterocycles. The first-order valence-electron chi connectivity index (χ1n) is 7.83. The van der Waals surface area contributed by atoms with Gasteiger partial charge in [-0.15, -0.1) is 0 Å². The topological polar surface area (TPSA) is 21.3 Å². The highest BCUT2D eigenvalue weighted by molar-refractivity contribution is 5.28. The minimum Gasteiger partial charge on any atom is -0.494 e. The molecule has 0 bridgehead atoms. The van der Waals surface area contributed by atoms with Crippen molar-refractivity contribution in [1.29, 1.82) is 0 Å². The Morgan fingerprint density at radius 3 is 2.52 bits per heavy atom. The molecule has 0 aliphatic rings. The number of hydrogen-bond acceptors (Lipinski definition) is 2. The van der Waals surface area contributed by atoms with Crippen LogP contribution in [0.25, 0.3) is 0 Å². The minimum absolute atomic E-state index is 0.395. The van der Waals surface area contributed by atoms with Gasteiger partial charge in [-0.05, 0) is 36.1 Å². The summed E-state index contributed by atoms with van der Waals surface area (Å²) in [6.45, 7) is 5.97. The molecule has 1 atom stereocenters. The summed E-state index contributed by atoms with van der Waals surface area (Å²) in [5.74, 6) is 0.962. The van der Waals surface area contributed by atoms with E-state index in [0.29, 0.717) is 6.04 Å². The third-order valence-electron chi connectivity index (χ3n) is 3.53. The molecular formula is C19H25NO. The van der Waals surface area contributed by atoms with Gasteiger partial charge in [-0.2, -0.15) is 0 Å². The van der Waals surface area contributed by atoms with Crippen molar-refractivity contribution >= 4 is 0 Å². The molecule has 2 nitrogen and oxygen atoms in total. The zero-order valence-electron chi connectivity index (χ0n) is 13.0. The fourth-order valence-corrected chi connectivity index (χ4v) is 2.39. The first-order chi connectivity index (χ1) is 10.3. The SMILES string of the molecule is CCCOc1cccc(CNC(CC)c2ccccc2)c1. The van der Waals surface area contributed by atoms with Gasteiger partial charge in [0.25, 0.3) is 0 Å². The van der Waals surface area contributed by atoms with Gasteiger partial charge in [0.05, 0.1) is 6.61 Å². The Morgan fingerprint density at radius 1 is 1.00 bits per heavy atom. The minimum atomic E-state index is 0.395. The quantitative estimate of drug-likeness (QED) is 0.757. The molecule has 0 aliphatic carbocycles. The molecule has 0 saturated heterocycles. The Labute approximate surface area is 128 Å². The van der Waals surface area contributed by atoms with Gasteiger partial charge in [0.1, 0.15) is 5.75 Å². The van der Waals surface area contributed by atoms with Crippen molar-refractivity contribution in [3.63, 3.8) is 0 Å². The van der Waals surface area contributed by atoms with E-state index in [4.69, 9.17) is 4.74 Å². The van der Waals surface area contributed by atoms with Crippen molar-refractivity contribution in [3.8, 4) is 5.75 Å². The molecule has 2 aromatic carbocycles. The summed E-state index contributed by atoms with van der Waals surface area (Å²) in [4.78, 5) is 0. The summed E-state index contributed by atoms with van der Waals surface area (Å²) in [6.07, 6.45) is 2.12. The zero-order valence-corrected chi connectivity index (χ0v) is 13.0. The van der Waals surface area contributed by atoms with Crippen LogP contribution in [0.15, 0.2) is 54.6 Å². The fourth-order valence-electron chi connectivity index (χ4n) is 2.39. The lowest BCUT2D eigenvalue weighted by atomic mass is 10.0. The van der Waals surface area contributed by atoms with Gasteiger partial charge in [-0.25, -0.2) is 0 Å². The molecule has 0 fully saturated rings. The van der Waals surface area contributed by atoms with Gasteiger partial charge >= 0.3 is 0 Å². The van der Waals surface area contributed by atoms with Crippen molar-refractivity contribution in [3.05, 3.63) is 65.7 Å². The van der Waals surface area contributed by atoms with Crippen LogP contribution in [0.1, 0.15) is 43.9 Å². The number of rotatable bonds is 8. The van der Waals surface area contributed by atoms with Gasteiger partial charge in [0.2, 0.25) is 0 Å². The normalized spacial score (nSPS) is 12.1. The number of hydrogen-bond donors (Lipinski definition) is 1. The maximum Gasteiger partial charge on any atom is 0.119 e. The number of ether oxygens (including phenoxy) is 1. The third-order valence-corrected chi connectivity index (χ3v) is 3.53. The highest BCUT2D eigenvalue weighted by Gasteiger charge is 2.08. The van der Waals surface area contributed by atoms with Crippen LogP contribution in [-0.4, -0.2) is 6.61 Å². The molecule has 0 amide bonds. The van der Waals surface area contributed by atoms with E-state index in [-0.39, 0.29) is 0 Å². The molecule has 0 saturated carbocycles. The molecule has 1 unspecified atom stereocenters. The van der Waals surface area contributed by atoms with Crippen LogP contribution < -0.4 is 10.1 Å². The van der Waals surface area contributed by atoms with Gasteiger partial charge < -0.3 is 10.1 Å². The Morgan fingerprint density at radius 2 is 1.81 bits per heavy atom. The Kier molecular flexibility index (Phi) is 6.29. The summed E-state index contributed by atoms with van der Waals surface area (Å²) in [5.41, 5.74) is 2.61. The molecule has 21 heavy (non-hydrogen) atoms. The predicted octanol–water partition coefficient (Wildman–Crippen LogP) is 4.72. The monoisotopic (exact) mass is 283 g/mol. The highest BCUT2D eigenvalue weighted by Crippen LogP contribution is 2.18. The number of nitrogens with one attached hydrogen (secondary N) is 1. The van der Waals surface area contributed by atoms with E-state index in [2.05, 4.69) is 67.7 Å². The summed E-state index contributed by atoms with van der Waals surface area (Å²) in [7, 11) is 0. The van der Waals surface area contributed by atoms with E-state index in [1.165, 1.54) is 11.1 Å². The van der Waals surface area contributed by atoms with Crippen molar-refractivity contribution in [1.82, 2.24) is 5.32 Å². The standard InChI is InChI=1S/C19H25NO/c1-3-13-21-18-12-8-9-16(14-18)15-20-19(4-2)17-10-6-5-7-11-17/h5-12,14,19-20H,3-4,13,15H2,1-2H3. The van der Waals surface area contributed by atoms with Crippen molar-refractivity contribution in [2.75, 3.05) is 6.61 Å². The molecule has 2 rings (SSSR count). The lowest BCUT2D eigenvalue weighted by Crippen LogP contribution is -2.20. The lowest BCUT2D eigenvalue weighted by molar-refractivity contribution is 0.317. The second-order valence-corrected chi connectivity index (χ2v) is 5.25. The number of benzene rings is 2. The maximum absolute atomic E-state index is 5.69. The predicted molar refractivity (Wildman–Crippen MR) is 88.5 cm³/mol. The van der Waals surface area contributed by atoms with E-state index >= 15 is 0 Å². The van der Waals surface area contributed by atoms with Crippen molar-refractivity contribution in [2.45, 2.75) is 39.3 Å². The van der Waals surface area contributed by atoms with E-state index in [9.17, 15) is 0 Å². The Balaban J connectivity index is 1.95. The van der Waals surface area contributed by atoms with Crippen LogP contribution in [-0.2, 0) is 6.54 Å². The molecule has 1 N–H and O–H groups in total. The molecule has 0 spiro atoms. The first-order valence-corrected chi connectivity index (χ1v) is 7.83. The second-order valence-electron chi connectivity index (χ2n) is 5.25. The zero-order chi connectivity index (χ0) is 14.9. The molecule has 112 valence electrons. The smallest absolute Gasteiger partial charge is 0.119 e. The van der Waals surface area contributed by atoms with Crippen LogP contribution in [0.3, 0.4) is 0 Å². The molecule has 0 aromatic heterocycles. The van der Waals surface area contributed by atoms with Crippen molar-refractivity contribution in [2.24, 2.45) is 0 Å². The van der Waals surface area contributed by atoms with Crippen LogP contribution in [0.2, 0.25) is 0 Å². The average Bonchev–Trinajstić information content (AvgIpc) is 2.55.